The fraction of sp³-hybridized carbons (Fsp3) is 0.667. The van der Waals surface area contributed by atoms with E-state index in [2.05, 4.69) is 39.4 Å². The summed E-state index contributed by atoms with van der Waals surface area (Å²) >= 11 is 0. The molecule has 0 amide bonds. The first-order valence-electron chi connectivity index (χ1n) is 8.85. The van der Waals surface area contributed by atoms with Crippen LogP contribution in [0.25, 0.3) is 0 Å². The second-order valence-corrected chi connectivity index (χ2v) is 6.60. The number of nitrogens with zero attached hydrogens (tertiary/aromatic N) is 3. The van der Waals surface area contributed by atoms with Crippen LogP contribution in [0.15, 0.2) is 29.4 Å². The van der Waals surface area contributed by atoms with Crippen molar-refractivity contribution in [1.29, 1.82) is 0 Å². The lowest BCUT2D eigenvalue weighted by molar-refractivity contribution is -0.0284. The second kappa shape index (κ2) is 12.4. The monoisotopic (exact) mass is 461 g/mol. The molecule has 0 saturated carbocycles. The van der Waals surface area contributed by atoms with E-state index in [9.17, 15) is 0 Å². The molecule has 1 fully saturated rings. The van der Waals surface area contributed by atoms with Gasteiger partial charge in [0.25, 0.3) is 0 Å². The quantitative estimate of drug-likeness (QED) is 0.368. The van der Waals surface area contributed by atoms with Crippen LogP contribution in [0.5, 0.6) is 0 Å². The number of aliphatic imine (C=N–C) groups is 1. The Kier molecular flexibility index (Phi) is 11.0. The summed E-state index contributed by atoms with van der Waals surface area (Å²) in [4.78, 5) is 11.1. The number of hydrogen-bond acceptors (Lipinski definition) is 4. The first kappa shape index (κ1) is 22.1. The summed E-state index contributed by atoms with van der Waals surface area (Å²) in [6, 6.07) is 5.99. The van der Waals surface area contributed by atoms with Crippen LogP contribution in [0.3, 0.4) is 0 Å². The topological polar surface area (TPSA) is 61.8 Å². The van der Waals surface area contributed by atoms with Crippen molar-refractivity contribution < 1.29 is 4.74 Å². The number of hydrogen-bond donors (Lipinski definition) is 2. The third-order valence-corrected chi connectivity index (χ3v) is 3.97. The lowest BCUT2D eigenvalue weighted by atomic mass is 10.2. The highest BCUT2D eigenvalue weighted by Gasteiger charge is 2.20. The zero-order chi connectivity index (χ0) is 17.2. The van der Waals surface area contributed by atoms with Gasteiger partial charge in [-0.1, -0.05) is 19.9 Å². The number of rotatable bonds is 7. The minimum atomic E-state index is 0. The molecule has 0 aromatic carbocycles. The Bertz CT molecular complexity index is 497. The molecule has 2 heterocycles. The average Bonchev–Trinajstić information content (AvgIpc) is 2.58. The predicted octanol–water partition coefficient (Wildman–Crippen LogP) is 1.76. The molecule has 7 heteroatoms. The molecule has 2 N–H and O–H groups in total. The molecule has 1 aromatic rings. The summed E-state index contributed by atoms with van der Waals surface area (Å²) in [5, 5.41) is 6.70. The zero-order valence-electron chi connectivity index (χ0n) is 15.6. The Morgan fingerprint density at radius 1 is 1.40 bits per heavy atom. The van der Waals surface area contributed by atoms with E-state index >= 15 is 0 Å². The third kappa shape index (κ3) is 8.82. The fourth-order valence-electron chi connectivity index (χ4n) is 2.87. The molecular formula is C18H32IN5O. The Balaban J connectivity index is 0.00000312. The van der Waals surface area contributed by atoms with E-state index in [-0.39, 0.29) is 30.1 Å². The van der Waals surface area contributed by atoms with Crippen molar-refractivity contribution in [1.82, 2.24) is 20.5 Å². The predicted molar refractivity (Wildman–Crippen MR) is 114 cm³/mol. The van der Waals surface area contributed by atoms with Crippen molar-refractivity contribution in [2.24, 2.45) is 10.9 Å². The molecule has 0 aliphatic carbocycles. The van der Waals surface area contributed by atoms with Crippen LogP contribution < -0.4 is 10.6 Å². The van der Waals surface area contributed by atoms with Gasteiger partial charge >= 0.3 is 0 Å². The molecule has 1 aliphatic rings. The average molecular weight is 461 g/mol. The normalized spacial score (nSPS) is 18.7. The summed E-state index contributed by atoms with van der Waals surface area (Å²) in [6.45, 7) is 10.1. The minimum absolute atomic E-state index is 0. The Morgan fingerprint density at radius 3 is 2.92 bits per heavy atom. The smallest absolute Gasteiger partial charge is 0.191 e. The van der Waals surface area contributed by atoms with Crippen molar-refractivity contribution in [3.05, 3.63) is 30.1 Å². The minimum Gasteiger partial charge on any atom is -0.374 e. The number of ether oxygens (including phenoxy) is 1. The number of morpholine rings is 1. The molecule has 0 spiro atoms. The van der Waals surface area contributed by atoms with E-state index in [0.717, 1.165) is 57.4 Å². The molecule has 0 bridgehead atoms. The third-order valence-electron chi connectivity index (χ3n) is 3.97. The van der Waals surface area contributed by atoms with Gasteiger partial charge in [-0.2, -0.15) is 0 Å². The van der Waals surface area contributed by atoms with Crippen molar-refractivity contribution >= 4 is 29.9 Å². The molecule has 1 aliphatic heterocycles. The SMILES string of the molecule is CN=C(NCCc1ccccn1)NCC1CN(CC(C)C)CCO1.I. The van der Waals surface area contributed by atoms with Crippen molar-refractivity contribution in [3.63, 3.8) is 0 Å². The number of pyridine rings is 1. The van der Waals surface area contributed by atoms with Gasteiger partial charge in [0, 0.05) is 58.1 Å². The van der Waals surface area contributed by atoms with Gasteiger partial charge in [-0.3, -0.25) is 14.9 Å². The van der Waals surface area contributed by atoms with Gasteiger partial charge in [0.2, 0.25) is 0 Å². The van der Waals surface area contributed by atoms with Crippen LogP contribution in [0, 0.1) is 5.92 Å². The van der Waals surface area contributed by atoms with Crippen molar-refractivity contribution in [2.45, 2.75) is 26.4 Å². The van der Waals surface area contributed by atoms with Crippen LogP contribution in [0.4, 0.5) is 0 Å². The van der Waals surface area contributed by atoms with Gasteiger partial charge in [-0.25, -0.2) is 0 Å². The van der Waals surface area contributed by atoms with Gasteiger partial charge in [0.05, 0.1) is 12.7 Å². The molecule has 1 saturated heterocycles. The number of nitrogens with one attached hydrogen (secondary N) is 2. The van der Waals surface area contributed by atoms with Gasteiger partial charge in [-0.05, 0) is 18.1 Å². The highest BCUT2D eigenvalue weighted by Crippen LogP contribution is 2.07. The second-order valence-electron chi connectivity index (χ2n) is 6.60. The lowest BCUT2D eigenvalue weighted by Crippen LogP contribution is -2.50. The molecule has 142 valence electrons. The van der Waals surface area contributed by atoms with Crippen molar-refractivity contribution in [3.8, 4) is 0 Å². The van der Waals surface area contributed by atoms with Crippen molar-refractivity contribution in [2.75, 3.05) is 46.4 Å². The van der Waals surface area contributed by atoms with Crippen LogP contribution in [0.1, 0.15) is 19.5 Å². The highest BCUT2D eigenvalue weighted by molar-refractivity contribution is 14.0. The van der Waals surface area contributed by atoms with E-state index in [1.54, 1.807) is 7.05 Å². The maximum atomic E-state index is 5.86. The first-order valence-corrected chi connectivity index (χ1v) is 8.85. The molecule has 6 nitrogen and oxygen atoms in total. The van der Waals surface area contributed by atoms with Crippen LogP contribution in [0.2, 0.25) is 0 Å². The summed E-state index contributed by atoms with van der Waals surface area (Å²) in [7, 11) is 1.79. The maximum Gasteiger partial charge on any atom is 0.191 e. The van der Waals surface area contributed by atoms with E-state index in [0.29, 0.717) is 5.92 Å². The molecule has 2 rings (SSSR count). The fourth-order valence-corrected chi connectivity index (χ4v) is 2.87. The zero-order valence-corrected chi connectivity index (χ0v) is 17.9. The Hall–Kier alpha value is -0.930. The Labute approximate surface area is 168 Å². The highest BCUT2D eigenvalue weighted by atomic mass is 127. The van der Waals surface area contributed by atoms with Crippen LogP contribution >= 0.6 is 24.0 Å². The molecule has 1 unspecified atom stereocenters. The molecule has 1 atom stereocenters. The summed E-state index contributed by atoms with van der Waals surface area (Å²) < 4.78 is 5.86. The van der Waals surface area contributed by atoms with E-state index in [1.165, 1.54) is 0 Å². The number of halogens is 1. The summed E-state index contributed by atoms with van der Waals surface area (Å²) in [6.07, 6.45) is 2.92. The lowest BCUT2D eigenvalue weighted by Gasteiger charge is -2.34. The van der Waals surface area contributed by atoms with Crippen LogP contribution in [-0.2, 0) is 11.2 Å². The van der Waals surface area contributed by atoms with E-state index < -0.39 is 0 Å². The summed E-state index contributed by atoms with van der Waals surface area (Å²) in [5.74, 6) is 1.51. The standard InChI is InChI=1S/C18H31N5O.HI/c1-15(2)13-23-10-11-24-17(14-23)12-22-18(19-3)21-9-7-16-6-4-5-8-20-16;/h4-6,8,15,17H,7,9-14H2,1-3H3,(H2,19,21,22);1H. The number of aromatic nitrogens is 1. The first-order chi connectivity index (χ1) is 11.7. The number of guanidine groups is 1. The molecule has 1 aromatic heterocycles. The van der Waals surface area contributed by atoms with Gasteiger partial charge in [0.1, 0.15) is 0 Å². The van der Waals surface area contributed by atoms with Gasteiger partial charge < -0.3 is 15.4 Å². The molecule has 25 heavy (non-hydrogen) atoms. The largest absolute Gasteiger partial charge is 0.374 e. The molecular weight excluding hydrogens is 429 g/mol. The Morgan fingerprint density at radius 2 is 2.24 bits per heavy atom. The van der Waals surface area contributed by atoms with E-state index in [4.69, 9.17) is 4.74 Å². The summed E-state index contributed by atoms with van der Waals surface area (Å²) in [5.41, 5.74) is 1.08. The van der Waals surface area contributed by atoms with Gasteiger partial charge in [-0.15, -0.1) is 24.0 Å². The molecule has 0 radical (unpaired) electrons. The van der Waals surface area contributed by atoms with Crippen LogP contribution in [-0.4, -0.2) is 68.3 Å². The maximum absolute atomic E-state index is 5.86. The van der Waals surface area contributed by atoms with Gasteiger partial charge in [0.15, 0.2) is 5.96 Å². The van der Waals surface area contributed by atoms with E-state index in [1.807, 2.05) is 24.4 Å².